The molecule has 1 aromatic carbocycles. The molecule has 2 aromatic rings. The Morgan fingerprint density at radius 2 is 1.89 bits per heavy atom. The van der Waals surface area contributed by atoms with Crippen molar-refractivity contribution in [2.45, 2.75) is 24.5 Å². The van der Waals surface area contributed by atoms with Crippen LogP contribution in [-0.2, 0) is 25.5 Å². The van der Waals surface area contributed by atoms with Gasteiger partial charge in [-0.25, -0.2) is 0 Å². The number of nitrogens with zero attached hydrogens (tertiary/aromatic N) is 2. The molecule has 6 N–H and O–H groups in total. The fourth-order valence-electron chi connectivity index (χ4n) is 6.53. The van der Waals surface area contributed by atoms with Gasteiger partial charge in [0, 0.05) is 30.1 Å². The highest BCUT2D eigenvalue weighted by molar-refractivity contribution is 6.24. The Kier molecular flexibility index (Phi) is 5.45. The molecule has 1 saturated heterocycles. The molecule has 0 spiro atoms. The van der Waals surface area contributed by atoms with Crippen LogP contribution in [0.5, 0.6) is 5.75 Å². The monoisotopic (exact) mass is 523 g/mol. The second-order valence-electron chi connectivity index (χ2n) is 10.0. The molecule has 6 rings (SSSR count). The summed E-state index contributed by atoms with van der Waals surface area (Å²) in [6.07, 6.45) is 3.09. The summed E-state index contributed by atoms with van der Waals surface area (Å²) in [7, 11) is 0. The number of rotatable bonds is 3. The summed E-state index contributed by atoms with van der Waals surface area (Å²) >= 11 is 0. The number of carbonyl (C=O) groups excluding carboxylic acids is 3. The number of primary amides is 1. The minimum atomic E-state index is -2.68. The van der Waals surface area contributed by atoms with Crippen LogP contribution in [0.1, 0.15) is 17.5 Å². The Balaban J connectivity index is 1.55. The van der Waals surface area contributed by atoms with E-state index in [-0.39, 0.29) is 29.7 Å². The number of nitrogens with two attached hydrogens (primary N) is 1. The average molecular weight is 523 g/mol. The predicted octanol–water partition coefficient (Wildman–Crippen LogP) is 0.390. The molecule has 1 aliphatic heterocycles. The largest absolute Gasteiger partial charge is 0.508 e. The number of phenolic OH excluding ortho intramolecular Hbond substituents is 1. The molecule has 2 heterocycles. The van der Waals surface area contributed by atoms with Gasteiger partial charge in [-0.3, -0.25) is 19.3 Å². The van der Waals surface area contributed by atoms with Crippen LogP contribution >= 0.6 is 0 Å². The standard InChI is InChI=1S/C26H25N3O9/c27-25(35)19-22(32)20(29-3-5-37-6-4-29)15-8-11-7-14-13(12-9-28-38-10-12)1-2-16(30)18(14)21(31)17(11)23(33)26(15,36)24(19)34/h1-2,9-11,15,20,30-31,34,36H,3-8H2,(H2,27,35). The first-order chi connectivity index (χ1) is 18.2. The maximum atomic E-state index is 14.0. The first-order valence-corrected chi connectivity index (χ1v) is 12.2. The number of aliphatic hydroxyl groups excluding tert-OH is 2. The Morgan fingerprint density at radius 1 is 1.16 bits per heavy atom. The molecule has 4 aliphatic rings. The number of amides is 1. The first kappa shape index (κ1) is 24.3. The van der Waals surface area contributed by atoms with Gasteiger partial charge in [-0.1, -0.05) is 11.2 Å². The zero-order chi connectivity index (χ0) is 26.9. The van der Waals surface area contributed by atoms with Crippen molar-refractivity contribution < 1.29 is 44.1 Å². The summed E-state index contributed by atoms with van der Waals surface area (Å²) in [6.45, 7) is 1.21. The molecule has 12 nitrogen and oxygen atoms in total. The van der Waals surface area contributed by atoms with Gasteiger partial charge in [-0.2, -0.15) is 0 Å². The van der Waals surface area contributed by atoms with Gasteiger partial charge in [0.1, 0.15) is 29.1 Å². The molecule has 198 valence electrons. The van der Waals surface area contributed by atoms with Crippen LogP contribution in [0.15, 0.2) is 46.0 Å². The highest BCUT2D eigenvalue weighted by atomic mass is 16.5. The molecule has 0 bridgehead atoms. The van der Waals surface area contributed by atoms with E-state index in [0.717, 1.165) is 0 Å². The molecule has 0 radical (unpaired) electrons. The fourth-order valence-corrected chi connectivity index (χ4v) is 6.53. The van der Waals surface area contributed by atoms with Crippen molar-refractivity contribution in [2.75, 3.05) is 26.3 Å². The van der Waals surface area contributed by atoms with Gasteiger partial charge in [-0.05, 0) is 36.0 Å². The van der Waals surface area contributed by atoms with E-state index in [1.807, 2.05) is 0 Å². The number of ether oxygens (including phenoxy) is 1. The number of fused-ring (bicyclic) bond motifs is 3. The number of phenols is 1. The molecule has 4 atom stereocenters. The van der Waals surface area contributed by atoms with Gasteiger partial charge in [0.05, 0.1) is 31.0 Å². The SMILES string of the molecule is NC(=O)C1=C(O)C2(O)C(=O)C3=C(O)c4c(O)ccc(-c5cnoc5)c4CC3CC2C(N2CCOCC2)C1=O. The highest BCUT2D eigenvalue weighted by Crippen LogP contribution is 2.53. The van der Waals surface area contributed by atoms with Crippen LogP contribution in [-0.4, -0.2) is 85.9 Å². The summed E-state index contributed by atoms with van der Waals surface area (Å²) in [6, 6.07) is 1.88. The third-order valence-electron chi connectivity index (χ3n) is 8.23. The van der Waals surface area contributed by atoms with Crippen LogP contribution < -0.4 is 5.73 Å². The molecule has 1 amide bonds. The number of hydrogen-bond acceptors (Lipinski definition) is 11. The van der Waals surface area contributed by atoms with Crippen molar-refractivity contribution in [3.8, 4) is 16.9 Å². The van der Waals surface area contributed by atoms with Crippen LogP contribution in [0.25, 0.3) is 16.9 Å². The van der Waals surface area contributed by atoms with E-state index in [2.05, 4.69) is 5.16 Å². The second-order valence-corrected chi connectivity index (χ2v) is 10.0. The van der Waals surface area contributed by atoms with Gasteiger partial charge in [0.15, 0.2) is 11.4 Å². The second kappa shape index (κ2) is 8.51. The quantitative estimate of drug-likeness (QED) is 0.349. The number of ketones is 2. The van der Waals surface area contributed by atoms with Crippen molar-refractivity contribution in [3.63, 3.8) is 0 Å². The predicted molar refractivity (Wildman–Crippen MR) is 128 cm³/mol. The summed E-state index contributed by atoms with van der Waals surface area (Å²) < 4.78 is 10.4. The van der Waals surface area contributed by atoms with E-state index in [1.165, 1.54) is 18.5 Å². The van der Waals surface area contributed by atoms with Crippen LogP contribution in [0, 0.1) is 11.8 Å². The maximum Gasteiger partial charge on any atom is 0.255 e. The van der Waals surface area contributed by atoms with Crippen molar-refractivity contribution in [1.29, 1.82) is 0 Å². The number of aliphatic hydroxyl groups is 3. The third kappa shape index (κ3) is 3.20. The van der Waals surface area contributed by atoms with E-state index in [9.17, 15) is 34.8 Å². The molecule has 3 aliphatic carbocycles. The highest BCUT2D eigenvalue weighted by Gasteiger charge is 2.64. The zero-order valence-corrected chi connectivity index (χ0v) is 20.1. The summed E-state index contributed by atoms with van der Waals surface area (Å²) in [5.74, 6) is -6.82. The van der Waals surface area contributed by atoms with Crippen molar-refractivity contribution >= 4 is 23.2 Å². The molecular weight excluding hydrogens is 498 g/mol. The number of aromatic nitrogens is 1. The molecule has 38 heavy (non-hydrogen) atoms. The van der Waals surface area contributed by atoms with Crippen molar-refractivity contribution in [2.24, 2.45) is 17.6 Å². The Bertz CT molecular complexity index is 1440. The van der Waals surface area contributed by atoms with Crippen LogP contribution in [0.2, 0.25) is 0 Å². The third-order valence-corrected chi connectivity index (χ3v) is 8.23. The fraction of sp³-hybridized carbons (Fsp3) is 0.385. The van der Waals surface area contributed by atoms with Gasteiger partial charge in [0.25, 0.3) is 5.91 Å². The van der Waals surface area contributed by atoms with E-state index in [1.54, 1.807) is 11.0 Å². The van der Waals surface area contributed by atoms with E-state index in [4.69, 9.17) is 15.0 Å². The lowest BCUT2D eigenvalue weighted by Crippen LogP contribution is -2.67. The maximum absolute atomic E-state index is 14.0. The lowest BCUT2D eigenvalue weighted by molar-refractivity contribution is -0.157. The van der Waals surface area contributed by atoms with Crippen molar-refractivity contribution in [3.05, 3.63) is 52.6 Å². The van der Waals surface area contributed by atoms with Crippen LogP contribution in [0.3, 0.4) is 0 Å². The van der Waals surface area contributed by atoms with Gasteiger partial charge >= 0.3 is 0 Å². The number of morpholine rings is 1. The normalized spacial score (nSPS) is 29.7. The zero-order valence-electron chi connectivity index (χ0n) is 20.1. The molecule has 4 unspecified atom stereocenters. The minimum absolute atomic E-state index is 0.0144. The number of hydrogen-bond donors (Lipinski definition) is 5. The van der Waals surface area contributed by atoms with E-state index in [0.29, 0.717) is 43.0 Å². The first-order valence-electron chi connectivity index (χ1n) is 12.2. The minimum Gasteiger partial charge on any atom is -0.508 e. The summed E-state index contributed by atoms with van der Waals surface area (Å²) in [5, 5.41) is 48.6. The van der Waals surface area contributed by atoms with Crippen LogP contribution in [0.4, 0.5) is 0 Å². The van der Waals surface area contributed by atoms with Crippen molar-refractivity contribution in [1.82, 2.24) is 10.1 Å². The average Bonchev–Trinajstić information content (AvgIpc) is 3.41. The molecule has 1 saturated carbocycles. The van der Waals surface area contributed by atoms with E-state index >= 15 is 0 Å². The number of Topliss-reactive ketones (excluding diaryl/α,β-unsaturated/α-hetero) is 2. The molecule has 12 heteroatoms. The smallest absolute Gasteiger partial charge is 0.255 e. The lowest BCUT2D eigenvalue weighted by Gasteiger charge is -2.51. The lowest BCUT2D eigenvalue weighted by atomic mass is 9.57. The summed E-state index contributed by atoms with van der Waals surface area (Å²) in [4.78, 5) is 41.5. The van der Waals surface area contributed by atoms with Gasteiger partial charge in [0.2, 0.25) is 5.78 Å². The number of aromatic hydroxyl groups is 1. The molecular formula is C26H25N3O9. The Labute approximate surface area is 215 Å². The van der Waals surface area contributed by atoms with E-state index < -0.39 is 58.0 Å². The molecule has 2 fully saturated rings. The summed E-state index contributed by atoms with van der Waals surface area (Å²) in [5.41, 5.74) is 3.49. The van der Waals surface area contributed by atoms with Gasteiger partial charge in [-0.15, -0.1) is 0 Å². The Hall–Kier alpha value is -4.00. The van der Waals surface area contributed by atoms with Gasteiger partial charge < -0.3 is 35.4 Å². The Morgan fingerprint density at radius 3 is 2.55 bits per heavy atom. The molecule has 1 aromatic heterocycles. The topological polar surface area (TPSA) is 197 Å². The number of carbonyl (C=O) groups is 3. The number of benzene rings is 1.